The molecule has 12 heteroatoms. The number of ether oxygens (including phenoxy) is 1. The predicted molar refractivity (Wildman–Crippen MR) is 96.0 cm³/mol. The molecule has 1 aromatic heterocycles. The van der Waals surface area contributed by atoms with E-state index in [1.165, 1.54) is 24.0 Å². The number of tetrazole rings is 1. The molecule has 0 spiro atoms. The van der Waals surface area contributed by atoms with Crippen molar-refractivity contribution in [1.29, 1.82) is 0 Å². The number of methoxy groups -OCH3 is 1. The van der Waals surface area contributed by atoms with E-state index in [1.807, 2.05) is 13.8 Å². The van der Waals surface area contributed by atoms with Crippen LogP contribution in [-0.2, 0) is 6.54 Å². The Morgan fingerprint density at radius 3 is 2.81 bits per heavy atom. The first-order valence-electron chi connectivity index (χ1n) is 7.52. The van der Waals surface area contributed by atoms with Crippen molar-refractivity contribution in [1.82, 2.24) is 25.5 Å². The predicted octanol–water partition coefficient (Wildman–Crippen LogP) is 1.37. The molecule has 0 radical (unpaired) electrons. The maximum absolute atomic E-state index is 12.2. The second-order valence-corrected chi connectivity index (χ2v) is 6.02. The number of rotatable bonds is 6. The summed E-state index contributed by atoms with van der Waals surface area (Å²) in [5.74, 6) is -0.0905. The molecule has 1 amide bonds. The van der Waals surface area contributed by atoms with Crippen LogP contribution in [0.15, 0.2) is 18.2 Å². The number of carbonyl (C=O) groups excluding carboxylic acids is 1. The molecule has 0 saturated heterocycles. The van der Waals surface area contributed by atoms with Gasteiger partial charge in [-0.05, 0) is 35.5 Å². The van der Waals surface area contributed by atoms with Gasteiger partial charge in [0.05, 0.1) is 18.6 Å². The number of hydrogen-bond donors (Lipinski definition) is 2. The van der Waals surface area contributed by atoms with Crippen molar-refractivity contribution >= 4 is 34.9 Å². The molecule has 0 aliphatic carbocycles. The third-order valence-corrected chi connectivity index (χ3v) is 3.28. The zero-order valence-corrected chi connectivity index (χ0v) is 15.1. The van der Waals surface area contributed by atoms with E-state index in [9.17, 15) is 14.9 Å². The van der Waals surface area contributed by atoms with Gasteiger partial charge in [-0.15, -0.1) is 5.10 Å². The maximum atomic E-state index is 12.2. The Balaban J connectivity index is 2.03. The zero-order chi connectivity index (χ0) is 19.3. The number of nitrogens with zero attached hydrogens (tertiary/aromatic N) is 5. The largest absolute Gasteiger partial charge is 0.490 e. The van der Waals surface area contributed by atoms with Crippen molar-refractivity contribution in [3.05, 3.63) is 33.9 Å². The van der Waals surface area contributed by atoms with Gasteiger partial charge < -0.3 is 4.74 Å². The van der Waals surface area contributed by atoms with Crippen LogP contribution in [0.2, 0.25) is 0 Å². The number of aromatic nitrogens is 4. The fourth-order valence-corrected chi connectivity index (χ4v) is 2.16. The van der Waals surface area contributed by atoms with Crippen LogP contribution in [0, 0.1) is 16.0 Å². The molecule has 0 aliphatic rings. The average molecular weight is 379 g/mol. The van der Waals surface area contributed by atoms with Crippen LogP contribution < -0.4 is 15.4 Å². The second-order valence-electron chi connectivity index (χ2n) is 5.61. The molecule has 0 bridgehead atoms. The fraction of sp³-hybridized carbons (Fsp3) is 0.357. The summed E-state index contributed by atoms with van der Waals surface area (Å²) < 4.78 is 4.89. The molecular formula is C14H17N7O4S. The molecule has 11 nitrogen and oxygen atoms in total. The Hall–Kier alpha value is -3.15. The first-order chi connectivity index (χ1) is 12.3. The standard InChI is InChI=1S/C14H17N7O4S/c1-8(2)7-20-18-13(17-19-20)16-14(26)15-12(22)9-4-5-11(25-3)10(6-9)21(23)24/h4-6,8H,7H2,1-3H3,(H2,15,16,18,22,26). The minimum absolute atomic E-state index is 0.0538. The van der Waals surface area contributed by atoms with Crippen LogP contribution in [0.3, 0.4) is 0 Å². The van der Waals surface area contributed by atoms with Gasteiger partial charge in [0.2, 0.25) is 0 Å². The molecule has 26 heavy (non-hydrogen) atoms. The Bertz CT molecular complexity index is 836. The molecule has 1 aromatic carbocycles. The number of benzene rings is 1. The van der Waals surface area contributed by atoms with Gasteiger partial charge in [-0.3, -0.25) is 25.5 Å². The van der Waals surface area contributed by atoms with Gasteiger partial charge >= 0.3 is 5.69 Å². The Labute approximate surface area is 153 Å². The minimum Gasteiger partial charge on any atom is -0.490 e. The van der Waals surface area contributed by atoms with E-state index in [4.69, 9.17) is 17.0 Å². The maximum Gasteiger partial charge on any atom is 0.311 e. The Morgan fingerprint density at radius 2 is 2.19 bits per heavy atom. The summed E-state index contributed by atoms with van der Waals surface area (Å²) in [7, 11) is 1.31. The molecule has 0 aliphatic heterocycles. The van der Waals surface area contributed by atoms with Crippen LogP contribution in [-0.4, -0.2) is 43.3 Å². The lowest BCUT2D eigenvalue weighted by molar-refractivity contribution is -0.385. The molecule has 138 valence electrons. The first kappa shape index (κ1) is 19.2. The molecule has 2 rings (SSSR count). The van der Waals surface area contributed by atoms with E-state index < -0.39 is 10.8 Å². The topological polar surface area (TPSA) is 137 Å². The first-order valence-corrected chi connectivity index (χ1v) is 7.93. The minimum atomic E-state index is -0.636. The highest BCUT2D eigenvalue weighted by atomic mass is 32.1. The summed E-state index contributed by atoms with van der Waals surface area (Å²) in [5, 5.41) is 27.7. The number of carbonyl (C=O) groups is 1. The summed E-state index contributed by atoms with van der Waals surface area (Å²) in [6.45, 7) is 4.61. The fourth-order valence-electron chi connectivity index (χ4n) is 1.98. The van der Waals surface area contributed by atoms with Crippen LogP contribution in [0.1, 0.15) is 24.2 Å². The lowest BCUT2D eigenvalue weighted by atomic mass is 10.2. The van der Waals surface area contributed by atoms with Gasteiger partial charge in [0, 0.05) is 11.6 Å². The second kappa shape index (κ2) is 8.29. The lowest BCUT2D eigenvalue weighted by Crippen LogP contribution is -2.34. The summed E-state index contributed by atoms with van der Waals surface area (Å²) >= 11 is 5.02. The number of hydrogen-bond acceptors (Lipinski definition) is 8. The van der Waals surface area contributed by atoms with Crippen LogP contribution >= 0.6 is 12.2 Å². The van der Waals surface area contributed by atoms with E-state index in [-0.39, 0.29) is 28.1 Å². The van der Waals surface area contributed by atoms with E-state index in [0.717, 1.165) is 6.07 Å². The molecular weight excluding hydrogens is 362 g/mol. The zero-order valence-electron chi connectivity index (χ0n) is 14.3. The van der Waals surface area contributed by atoms with Crippen molar-refractivity contribution in [2.75, 3.05) is 12.4 Å². The van der Waals surface area contributed by atoms with Crippen molar-refractivity contribution < 1.29 is 14.5 Å². The van der Waals surface area contributed by atoms with E-state index in [0.29, 0.717) is 12.5 Å². The van der Waals surface area contributed by atoms with Crippen LogP contribution in [0.4, 0.5) is 11.6 Å². The highest BCUT2D eigenvalue weighted by molar-refractivity contribution is 7.80. The van der Waals surface area contributed by atoms with Crippen molar-refractivity contribution in [2.45, 2.75) is 20.4 Å². The summed E-state index contributed by atoms with van der Waals surface area (Å²) in [4.78, 5) is 24.0. The van der Waals surface area contributed by atoms with Gasteiger partial charge in [0.15, 0.2) is 10.9 Å². The molecule has 2 N–H and O–H groups in total. The van der Waals surface area contributed by atoms with E-state index in [2.05, 4.69) is 26.0 Å². The molecule has 0 fully saturated rings. The lowest BCUT2D eigenvalue weighted by Gasteiger charge is -2.07. The van der Waals surface area contributed by atoms with Crippen molar-refractivity contribution in [3.8, 4) is 5.75 Å². The number of nitro benzene ring substituents is 1. The number of thiocarbonyl (C=S) groups is 1. The number of nitro groups is 1. The van der Waals surface area contributed by atoms with Gasteiger partial charge in [-0.2, -0.15) is 4.80 Å². The highest BCUT2D eigenvalue weighted by Crippen LogP contribution is 2.27. The van der Waals surface area contributed by atoms with Crippen LogP contribution in [0.25, 0.3) is 0 Å². The quantitative estimate of drug-likeness (QED) is 0.433. The smallest absolute Gasteiger partial charge is 0.311 e. The third kappa shape index (κ3) is 4.92. The molecule has 0 unspecified atom stereocenters. The molecule has 0 saturated carbocycles. The van der Waals surface area contributed by atoms with Crippen molar-refractivity contribution in [2.24, 2.45) is 5.92 Å². The Morgan fingerprint density at radius 1 is 1.46 bits per heavy atom. The summed E-state index contributed by atoms with van der Waals surface area (Å²) in [6.07, 6.45) is 0. The molecule has 0 atom stereocenters. The van der Waals surface area contributed by atoms with E-state index in [1.54, 1.807) is 0 Å². The number of anilines is 1. The van der Waals surface area contributed by atoms with Crippen LogP contribution in [0.5, 0.6) is 5.75 Å². The van der Waals surface area contributed by atoms with Gasteiger partial charge in [0.25, 0.3) is 11.9 Å². The van der Waals surface area contributed by atoms with Gasteiger partial charge in [-0.1, -0.05) is 18.9 Å². The Kier molecular flexibility index (Phi) is 6.11. The molecule has 2 aromatic rings. The summed E-state index contributed by atoms with van der Waals surface area (Å²) in [5.41, 5.74) is -0.268. The van der Waals surface area contributed by atoms with E-state index >= 15 is 0 Å². The monoisotopic (exact) mass is 379 g/mol. The average Bonchev–Trinajstić information content (AvgIpc) is 2.99. The molecule has 1 heterocycles. The number of nitrogens with one attached hydrogen (secondary N) is 2. The summed E-state index contributed by atoms with van der Waals surface area (Å²) in [6, 6.07) is 3.83. The normalized spacial score (nSPS) is 10.5. The highest BCUT2D eigenvalue weighted by Gasteiger charge is 2.19. The third-order valence-electron chi connectivity index (χ3n) is 3.07. The van der Waals surface area contributed by atoms with Gasteiger partial charge in [0.1, 0.15) is 0 Å². The van der Waals surface area contributed by atoms with Gasteiger partial charge in [-0.25, -0.2) is 0 Å². The van der Waals surface area contributed by atoms with Crippen molar-refractivity contribution in [3.63, 3.8) is 0 Å². The SMILES string of the molecule is COc1ccc(C(=O)NC(=S)Nc2nnn(CC(C)C)n2)cc1[N+](=O)[O-]. The number of amides is 1.